The van der Waals surface area contributed by atoms with Crippen LogP contribution in [0.15, 0.2) is 36.9 Å². The predicted octanol–water partition coefficient (Wildman–Crippen LogP) is 3.19. The molecule has 22 heavy (non-hydrogen) atoms. The van der Waals surface area contributed by atoms with Gasteiger partial charge in [-0.15, -0.1) is 0 Å². The van der Waals surface area contributed by atoms with Gasteiger partial charge < -0.3 is 24.4 Å². The molecule has 0 radical (unpaired) electrons. The van der Waals surface area contributed by atoms with Crippen molar-refractivity contribution in [3.63, 3.8) is 0 Å². The molecule has 0 spiro atoms. The van der Waals surface area contributed by atoms with Crippen molar-refractivity contribution in [3.8, 4) is 28.7 Å². The Hall–Kier alpha value is -2.82. The highest BCUT2D eigenvalue weighted by atomic mass is 16.5. The molecule has 2 N–H and O–H groups in total. The van der Waals surface area contributed by atoms with Gasteiger partial charge in [-0.3, -0.25) is 0 Å². The third-order valence-electron chi connectivity index (χ3n) is 3.36. The lowest BCUT2D eigenvalue weighted by atomic mass is 9.98. The van der Waals surface area contributed by atoms with Gasteiger partial charge in [0.05, 0.1) is 21.3 Å². The Morgan fingerprint density at radius 2 is 1.36 bits per heavy atom. The van der Waals surface area contributed by atoms with Gasteiger partial charge in [-0.2, -0.15) is 0 Å². The van der Waals surface area contributed by atoms with Crippen molar-refractivity contribution in [3.05, 3.63) is 48.0 Å². The summed E-state index contributed by atoms with van der Waals surface area (Å²) in [6.45, 7) is 4.03. The van der Waals surface area contributed by atoms with Crippen molar-refractivity contribution < 1.29 is 24.4 Å². The van der Waals surface area contributed by atoms with Crippen molar-refractivity contribution in [2.24, 2.45) is 0 Å². The molecule has 0 aliphatic rings. The minimum atomic E-state index is -0.0703. The van der Waals surface area contributed by atoms with Crippen LogP contribution in [0.4, 0.5) is 0 Å². The molecular formula is C17H18O5. The van der Waals surface area contributed by atoms with Gasteiger partial charge in [-0.1, -0.05) is 12.6 Å². The van der Waals surface area contributed by atoms with Crippen LogP contribution in [0, 0.1) is 0 Å². The Labute approximate surface area is 129 Å². The molecule has 0 unspecified atom stereocenters. The number of ether oxygens (including phenoxy) is 3. The van der Waals surface area contributed by atoms with E-state index >= 15 is 0 Å². The Morgan fingerprint density at radius 3 is 1.82 bits per heavy atom. The molecule has 5 nitrogen and oxygen atoms in total. The van der Waals surface area contributed by atoms with Gasteiger partial charge in [-0.05, 0) is 41.0 Å². The molecule has 0 aliphatic heterocycles. The predicted molar refractivity (Wildman–Crippen MR) is 84.0 cm³/mol. The second-order valence-electron chi connectivity index (χ2n) is 4.59. The number of hydrogen-bond acceptors (Lipinski definition) is 5. The van der Waals surface area contributed by atoms with Crippen molar-refractivity contribution in [2.45, 2.75) is 0 Å². The van der Waals surface area contributed by atoms with Crippen LogP contribution >= 0.6 is 0 Å². The summed E-state index contributed by atoms with van der Waals surface area (Å²) in [5.74, 6) is 0.914. The van der Waals surface area contributed by atoms with E-state index < -0.39 is 0 Å². The first-order chi connectivity index (χ1) is 10.5. The zero-order valence-electron chi connectivity index (χ0n) is 12.7. The molecule has 2 aromatic rings. The number of hydrogen-bond donors (Lipinski definition) is 2. The first-order valence-electron chi connectivity index (χ1n) is 6.53. The summed E-state index contributed by atoms with van der Waals surface area (Å²) in [6.07, 6.45) is 0. The van der Waals surface area contributed by atoms with E-state index in [-0.39, 0.29) is 23.0 Å². The molecule has 0 saturated heterocycles. The molecule has 2 rings (SSSR count). The molecule has 0 aromatic heterocycles. The summed E-state index contributed by atoms with van der Waals surface area (Å²) < 4.78 is 15.3. The van der Waals surface area contributed by atoms with Crippen LogP contribution in [0.3, 0.4) is 0 Å². The Bertz CT molecular complexity index is 681. The van der Waals surface area contributed by atoms with Crippen LogP contribution in [0.2, 0.25) is 0 Å². The third-order valence-corrected chi connectivity index (χ3v) is 3.36. The largest absolute Gasteiger partial charge is 0.504 e. The van der Waals surface area contributed by atoms with Gasteiger partial charge in [0.25, 0.3) is 0 Å². The second kappa shape index (κ2) is 6.30. The Morgan fingerprint density at radius 1 is 0.818 bits per heavy atom. The zero-order chi connectivity index (χ0) is 16.3. The number of benzene rings is 2. The molecule has 0 amide bonds. The molecule has 2 aromatic carbocycles. The standard InChI is InChI=1S/C17H18O5/c1-10(11-5-6-14(20-2)13(18)7-11)12-8-15(21-3)17(19)16(9-12)22-4/h5-9,18-19H,1H2,2-4H3. The monoisotopic (exact) mass is 302 g/mol. The van der Waals surface area contributed by atoms with Gasteiger partial charge in [0.15, 0.2) is 23.0 Å². The zero-order valence-corrected chi connectivity index (χ0v) is 12.7. The molecule has 0 heterocycles. The van der Waals surface area contributed by atoms with E-state index in [1.807, 2.05) is 0 Å². The van der Waals surface area contributed by atoms with Crippen LogP contribution in [0.1, 0.15) is 11.1 Å². The first-order valence-corrected chi connectivity index (χ1v) is 6.53. The molecule has 116 valence electrons. The van der Waals surface area contributed by atoms with E-state index in [2.05, 4.69) is 6.58 Å². The summed E-state index contributed by atoms with van der Waals surface area (Å²) in [4.78, 5) is 0. The Balaban J connectivity index is 2.47. The maximum absolute atomic E-state index is 9.94. The fraction of sp³-hybridized carbons (Fsp3) is 0.176. The van der Waals surface area contributed by atoms with Gasteiger partial charge in [-0.25, -0.2) is 0 Å². The van der Waals surface area contributed by atoms with Gasteiger partial charge in [0, 0.05) is 0 Å². The molecule has 0 fully saturated rings. The summed E-state index contributed by atoms with van der Waals surface area (Å²) in [6, 6.07) is 8.31. The van der Waals surface area contributed by atoms with E-state index in [9.17, 15) is 10.2 Å². The van der Waals surface area contributed by atoms with Crippen molar-refractivity contribution in [1.29, 1.82) is 0 Å². The smallest absolute Gasteiger partial charge is 0.200 e. The SMILES string of the molecule is C=C(c1ccc(OC)c(O)c1)c1cc(OC)c(O)c(OC)c1. The summed E-state index contributed by atoms with van der Waals surface area (Å²) in [7, 11) is 4.40. The van der Waals surface area contributed by atoms with E-state index in [0.29, 0.717) is 22.4 Å². The van der Waals surface area contributed by atoms with E-state index in [0.717, 1.165) is 0 Å². The van der Waals surface area contributed by atoms with E-state index in [1.54, 1.807) is 30.3 Å². The van der Waals surface area contributed by atoms with Crippen LogP contribution in [-0.2, 0) is 0 Å². The topological polar surface area (TPSA) is 68.2 Å². The maximum Gasteiger partial charge on any atom is 0.200 e. The van der Waals surface area contributed by atoms with Gasteiger partial charge >= 0.3 is 0 Å². The quantitative estimate of drug-likeness (QED) is 0.888. The molecule has 0 atom stereocenters. The van der Waals surface area contributed by atoms with Crippen molar-refractivity contribution in [1.82, 2.24) is 0 Å². The number of methoxy groups -OCH3 is 3. The van der Waals surface area contributed by atoms with Crippen molar-refractivity contribution in [2.75, 3.05) is 21.3 Å². The molecule has 0 aliphatic carbocycles. The summed E-state index contributed by atoms with van der Waals surface area (Å²) >= 11 is 0. The van der Waals surface area contributed by atoms with Crippen LogP contribution in [0.5, 0.6) is 28.7 Å². The average molecular weight is 302 g/mol. The first kappa shape index (κ1) is 15.6. The minimum absolute atomic E-state index is 0.0267. The number of rotatable bonds is 5. The van der Waals surface area contributed by atoms with E-state index in [4.69, 9.17) is 14.2 Å². The van der Waals surface area contributed by atoms with E-state index in [1.165, 1.54) is 21.3 Å². The highest BCUT2D eigenvalue weighted by molar-refractivity contribution is 5.81. The number of phenols is 2. The highest BCUT2D eigenvalue weighted by Gasteiger charge is 2.14. The Kier molecular flexibility index (Phi) is 4.46. The normalized spacial score (nSPS) is 10.1. The molecule has 0 saturated carbocycles. The number of phenolic OH excluding ortho intramolecular Hbond substituents is 2. The maximum atomic E-state index is 9.94. The lowest BCUT2D eigenvalue weighted by Gasteiger charge is -2.13. The molecule has 0 bridgehead atoms. The van der Waals surface area contributed by atoms with Gasteiger partial charge in [0.1, 0.15) is 0 Å². The number of aromatic hydroxyl groups is 2. The second-order valence-corrected chi connectivity index (χ2v) is 4.59. The van der Waals surface area contributed by atoms with Crippen molar-refractivity contribution >= 4 is 5.57 Å². The van der Waals surface area contributed by atoms with Crippen LogP contribution in [-0.4, -0.2) is 31.5 Å². The minimum Gasteiger partial charge on any atom is -0.504 e. The lowest BCUT2D eigenvalue weighted by molar-refractivity contribution is 0.339. The highest BCUT2D eigenvalue weighted by Crippen LogP contribution is 2.40. The van der Waals surface area contributed by atoms with Gasteiger partial charge in [0.2, 0.25) is 5.75 Å². The van der Waals surface area contributed by atoms with Crippen LogP contribution < -0.4 is 14.2 Å². The summed E-state index contributed by atoms with van der Waals surface area (Å²) in [5, 5.41) is 19.8. The molecule has 5 heteroatoms. The lowest BCUT2D eigenvalue weighted by Crippen LogP contribution is -1.94. The fourth-order valence-corrected chi connectivity index (χ4v) is 2.11. The fourth-order valence-electron chi connectivity index (χ4n) is 2.11. The average Bonchev–Trinajstić information content (AvgIpc) is 2.54. The third kappa shape index (κ3) is 2.79. The molecular weight excluding hydrogens is 284 g/mol. The van der Waals surface area contributed by atoms with Crippen LogP contribution in [0.25, 0.3) is 5.57 Å². The summed E-state index contributed by atoms with van der Waals surface area (Å²) in [5.41, 5.74) is 2.07.